The van der Waals surface area contributed by atoms with E-state index in [1.807, 2.05) is 13.8 Å². The Bertz CT molecular complexity index is 294. The van der Waals surface area contributed by atoms with E-state index in [-0.39, 0.29) is 18.3 Å². The number of nitrogens with one attached hydrogen (secondary N) is 1. The van der Waals surface area contributed by atoms with Crippen LogP contribution in [-0.4, -0.2) is 55.4 Å². The standard InChI is InChI=1S/C10H24N2O3S/c1-9(2)11-6-7-16(14,15)12(5)8-10(3,4)13/h9,11,13H,6-8H2,1-5H3. The van der Waals surface area contributed by atoms with Crippen LogP contribution in [-0.2, 0) is 10.0 Å². The molecule has 0 spiro atoms. The molecule has 0 aliphatic rings. The van der Waals surface area contributed by atoms with Gasteiger partial charge in [-0.2, -0.15) is 0 Å². The van der Waals surface area contributed by atoms with Crippen LogP contribution in [0.25, 0.3) is 0 Å². The maximum absolute atomic E-state index is 11.8. The lowest BCUT2D eigenvalue weighted by atomic mass is 10.1. The molecule has 5 nitrogen and oxygen atoms in total. The third-order valence-electron chi connectivity index (χ3n) is 2.00. The predicted molar refractivity (Wildman–Crippen MR) is 65.9 cm³/mol. The zero-order chi connectivity index (χ0) is 13.0. The second-order valence-corrected chi connectivity index (χ2v) is 7.19. The number of sulfonamides is 1. The highest BCUT2D eigenvalue weighted by atomic mass is 32.2. The monoisotopic (exact) mass is 252 g/mol. The van der Waals surface area contributed by atoms with Crippen molar-refractivity contribution in [1.82, 2.24) is 9.62 Å². The van der Waals surface area contributed by atoms with Gasteiger partial charge >= 0.3 is 0 Å². The van der Waals surface area contributed by atoms with Crippen LogP contribution >= 0.6 is 0 Å². The molecule has 16 heavy (non-hydrogen) atoms. The van der Waals surface area contributed by atoms with E-state index < -0.39 is 15.6 Å². The van der Waals surface area contributed by atoms with Gasteiger partial charge in [0.1, 0.15) is 0 Å². The zero-order valence-corrected chi connectivity index (χ0v) is 11.6. The molecule has 0 aromatic carbocycles. The van der Waals surface area contributed by atoms with Crippen LogP contribution < -0.4 is 5.32 Å². The Labute approximate surface area is 98.9 Å². The molecule has 0 aliphatic heterocycles. The van der Waals surface area contributed by atoms with E-state index in [0.717, 1.165) is 0 Å². The average molecular weight is 252 g/mol. The van der Waals surface area contributed by atoms with Crippen molar-refractivity contribution < 1.29 is 13.5 Å². The summed E-state index contributed by atoms with van der Waals surface area (Å²) in [5.41, 5.74) is -1.01. The number of hydrogen-bond donors (Lipinski definition) is 2. The summed E-state index contributed by atoms with van der Waals surface area (Å²) in [5, 5.41) is 12.6. The van der Waals surface area contributed by atoms with Crippen molar-refractivity contribution in [2.75, 3.05) is 25.9 Å². The number of hydrogen-bond acceptors (Lipinski definition) is 4. The van der Waals surface area contributed by atoms with Gasteiger partial charge in [-0.3, -0.25) is 0 Å². The lowest BCUT2D eigenvalue weighted by Gasteiger charge is -2.25. The number of rotatable bonds is 7. The minimum absolute atomic E-state index is 0.0533. The van der Waals surface area contributed by atoms with Gasteiger partial charge in [0, 0.05) is 26.2 Å². The molecule has 6 heteroatoms. The smallest absolute Gasteiger partial charge is 0.215 e. The summed E-state index contributed by atoms with van der Waals surface area (Å²) in [6.45, 7) is 7.64. The van der Waals surface area contributed by atoms with Gasteiger partial charge in [0.15, 0.2) is 0 Å². The van der Waals surface area contributed by atoms with Crippen LogP contribution in [0.15, 0.2) is 0 Å². The summed E-state index contributed by atoms with van der Waals surface area (Å²) in [6.07, 6.45) is 0. The summed E-state index contributed by atoms with van der Waals surface area (Å²) in [7, 11) is -1.79. The van der Waals surface area contributed by atoms with E-state index >= 15 is 0 Å². The normalized spacial score (nSPS) is 13.8. The largest absolute Gasteiger partial charge is 0.389 e. The first-order chi connectivity index (χ1) is 7.04. The number of likely N-dealkylation sites (N-methyl/N-ethyl adjacent to an activating group) is 1. The summed E-state index contributed by atoms with van der Waals surface area (Å²) >= 11 is 0. The molecular weight excluding hydrogens is 228 g/mol. The molecule has 0 amide bonds. The first-order valence-electron chi connectivity index (χ1n) is 5.44. The van der Waals surface area contributed by atoms with Gasteiger partial charge < -0.3 is 10.4 Å². The van der Waals surface area contributed by atoms with Gasteiger partial charge in [0.25, 0.3) is 0 Å². The SMILES string of the molecule is CC(C)NCCS(=O)(=O)N(C)CC(C)(C)O. The molecule has 0 rings (SSSR count). The van der Waals surface area contributed by atoms with E-state index in [1.54, 1.807) is 13.8 Å². The summed E-state index contributed by atoms with van der Waals surface area (Å²) in [4.78, 5) is 0. The van der Waals surface area contributed by atoms with Crippen molar-refractivity contribution in [3.8, 4) is 0 Å². The molecule has 0 aliphatic carbocycles. The number of nitrogens with zero attached hydrogens (tertiary/aromatic N) is 1. The molecule has 0 aromatic heterocycles. The Hall–Kier alpha value is -0.170. The Morgan fingerprint density at radius 3 is 2.25 bits per heavy atom. The molecule has 2 N–H and O–H groups in total. The van der Waals surface area contributed by atoms with E-state index in [0.29, 0.717) is 6.54 Å². The van der Waals surface area contributed by atoms with Gasteiger partial charge in [-0.1, -0.05) is 13.8 Å². The Kier molecular flexibility index (Phi) is 5.89. The summed E-state index contributed by atoms with van der Waals surface area (Å²) < 4.78 is 24.7. The fourth-order valence-electron chi connectivity index (χ4n) is 1.28. The molecule has 0 unspecified atom stereocenters. The zero-order valence-electron chi connectivity index (χ0n) is 10.8. The van der Waals surface area contributed by atoms with Gasteiger partial charge in [-0.15, -0.1) is 0 Å². The minimum atomic E-state index is -3.28. The minimum Gasteiger partial charge on any atom is -0.389 e. The van der Waals surface area contributed by atoms with Crippen LogP contribution in [0.2, 0.25) is 0 Å². The van der Waals surface area contributed by atoms with Crippen LogP contribution in [0.4, 0.5) is 0 Å². The van der Waals surface area contributed by atoms with Crippen molar-refractivity contribution in [3.63, 3.8) is 0 Å². The Balaban J connectivity index is 4.22. The maximum Gasteiger partial charge on any atom is 0.215 e. The van der Waals surface area contributed by atoms with Crippen molar-refractivity contribution in [2.45, 2.75) is 39.3 Å². The molecule has 0 aromatic rings. The molecule has 98 valence electrons. The van der Waals surface area contributed by atoms with Gasteiger partial charge in [0.2, 0.25) is 10.0 Å². The second-order valence-electron chi connectivity index (χ2n) is 4.99. The highest BCUT2D eigenvalue weighted by Crippen LogP contribution is 2.07. The molecule has 0 fully saturated rings. The van der Waals surface area contributed by atoms with Crippen LogP contribution in [0, 0.1) is 0 Å². The van der Waals surface area contributed by atoms with Crippen LogP contribution in [0.1, 0.15) is 27.7 Å². The quantitative estimate of drug-likeness (QED) is 0.670. The van der Waals surface area contributed by atoms with E-state index in [9.17, 15) is 13.5 Å². The highest BCUT2D eigenvalue weighted by molar-refractivity contribution is 7.89. The topological polar surface area (TPSA) is 69.6 Å². The van der Waals surface area contributed by atoms with E-state index in [2.05, 4.69) is 5.32 Å². The highest BCUT2D eigenvalue weighted by Gasteiger charge is 2.24. The molecule has 0 radical (unpaired) electrons. The molecular formula is C10H24N2O3S. The van der Waals surface area contributed by atoms with Crippen molar-refractivity contribution >= 4 is 10.0 Å². The third-order valence-corrected chi connectivity index (χ3v) is 3.80. The summed E-state index contributed by atoms with van der Waals surface area (Å²) in [5.74, 6) is 0.0533. The first kappa shape index (κ1) is 15.8. The average Bonchev–Trinajstić information content (AvgIpc) is 1.99. The van der Waals surface area contributed by atoms with Gasteiger partial charge in [0.05, 0.1) is 11.4 Å². The molecule has 0 saturated carbocycles. The first-order valence-corrected chi connectivity index (χ1v) is 7.05. The van der Waals surface area contributed by atoms with Gasteiger partial charge in [-0.25, -0.2) is 12.7 Å². The van der Waals surface area contributed by atoms with Crippen LogP contribution in [0.5, 0.6) is 0 Å². The predicted octanol–water partition coefficient (Wildman–Crippen LogP) is 0.0169. The fourth-order valence-corrected chi connectivity index (χ4v) is 2.48. The lowest BCUT2D eigenvalue weighted by Crippen LogP contribution is -2.42. The lowest BCUT2D eigenvalue weighted by molar-refractivity contribution is 0.0640. The van der Waals surface area contributed by atoms with E-state index in [1.165, 1.54) is 11.4 Å². The maximum atomic E-state index is 11.8. The molecule has 0 bridgehead atoms. The van der Waals surface area contributed by atoms with E-state index in [4.69, 9.17) is 0 Å². The third kappa shape index (κ3) is 7.16. The molecule has 0 heterocycles. The van der Waals surface area contributed by atoms with Gasteiger partial charge in [-0.05, 0) is 13.8 Å². The fraction of sp³-hybridized carbons (Fsp3) is 1.00. The molecule has 0 atom stereocenters. The molecule has 0 saturated heterocycles. The van der Waals surface area contributed by atoms with Crippen molar-refractivity contribution in [1.29, 1.82) is 0 Å². The van der Waals surface area contributed by atoms with Crippen molar-refractivity contribution in [2.24, 2.45) is 0 Å². The Morgan fingerprint density at radius 2 is 1.88 bits per heavy atom. The summed E-state index contributed by atoms with van der Waals surface area (Å²) in [6, 6.07) is 0.273. The second kappa shape index (κ2) is 5.95. The van der Waals surface area contributed by atoms with Crippen LogP contribution in [0.3, 0.4) is 0 Å². The van der Waals surface area contributed by atoms with Crippen molar-refractivity contribution in [3.05, 3.63) is 0 Å². The number of aliphatic hydroxyl groups is 1. The Morgan fingerprint density at radius 1 is 1.38 bits per heavy atom.